The number of aliphatic hydroxyl groups is 1. The number of likely N-dealkylation sites (tertiary alicyclic amines) is 1. The van der Waals surface area contributed by atoms with E-state index in [1.807, 2.05) is 0 Å². The van der Waals surface area contributed by atoms with E-state index in [9.17, 15) is 23.5 Å². The van der Waals surface area contributed by atoms with Crippen molar-refractivity contribution in [1.82, 2.24) is 14.5 Å². The summed E-state index contributed by atoms with van der Waals surface area (Å²) in [7, 11) is 1.35. The van der Waals surface area contributed by atoms with Crippen LogP contribution in [0.5, 0.6) is 0 Å². The van der Waals surface area contributed by atoms with E-state index in [0.717, 1.165) is 12.8 Å². The number of nitrogens with zero attached hydrogens (tertiary/aromatic N) is 2. The summed E-state index contributed by atoms with van der Waals surface area (Å²) in [4.78, 5) is 28.9. The molecule has 1 aromatic rings. The molecule has 4 N–H and O–H groups in total. The van der Waals surface area contributed by atoms with Crippen LogP contribution in [0.25, 0.3) is 5.70 Å². The standard InChI is InChI=1S/C20H25F3N4O4/c1-31-16-14-11(18(29)25-19(30)27(14)9-2-3-9)13(24)12(21)15(16)26-6-8-4-5-20(22,23)17(28)10(8)7-26/h8-10,15-17,28H,2-7,24H2,1H3,(H,25,29,30). The fraction of sp³-hybridized carbons (Fsp3) is 0.700. The van der Waals surface area contributed by atoms with Crippen molar-refractivity contribution in [2.24, 2.45) is 17.6 Å². The number of H-pyrrole nitrogens is 1. The summed E-state index contributed by atoms with van der Waals surface area (Å²) >= 11 is 0. The molecule has 5 atom stereocenters. The molecule has 8 nitrogen and oxygen atoms in total. The van der Waals surface area contributed by atoms with Crippen LogP contribution in [0.4, 0.5) is 13.2 Å². The summed E-state index contributed by atoms with van der Waals surface area (Å²) in [6.07, 6.45) is -1.54. The zero-order valence-corrected chi connectivity index (χ0v) is 17.0. The smallest absolute Gasteiger partial charge is 0.328 e. The van der Waals surface area contributed by atoms with Crippen LogP contribution in [0.2, 0.25) is 0 Å². The molecule has 0 radical (unpaired) electrons. The first-order chi connectivity index (χ1) is 14.7. The number of nitrogens with two attached hydrogens (primary N) is 1. The van der Waals surface area contributed by atoms with Crippen molar-refractivity contribution in [3.8, 4) is 0 Å². The van der Waals surface area contributed by atoms with Crippen molar-refractivity contribution < 1.29 is 23.0 Å². The second kappa shape index (κ2) is 6.94. The average molecular weight is 442 g/mol. The molecule has 2 heterocycles. The minimum absolute atomic E-state index is 0.0405. The minimum Gasteiger partial charge on any atom is -0.396 e. The Morgan fingerprint density at radius 1 is 1.23 bits per heavy atom. The van der Waals surface area contributed by atoms with Gasteiger partial charge in [0.1, 0.15) is 18.0 Å². The largest absolute Gasteiger partial charge is 0.396 e. The Morgan fingerprint density at radius 2 is 1.94 bits per heavy atom. The summed E-state index contributed by atoms with van der Waals surface area (Å²) < 4.78 is 50.7. The van der Waals surface area contributed by atoms with Gasteiger partial charge >= 0.3 is 5.69 Å². The van der Waals surface area contributed by atoms with Gasteiger partial charge in [-0.05, 0) is 25.2 Å². The summed E-state index contributed by atoms with van der Waals surface area (Å²) in [6, 6.07) is -1.21. The Kier molecular flexibility index (Phi) is 4.65. The monoisotopic (exact) mass is 442 g/mol. The van der Waals surface area contributed by atoms with Crippen LogP contribution >= 0.6 is 0 Å². The Hall–Kier alpha value is -2.11. The predicted molar refractivity (Wildman–Crippen MR) is 104 cm³/mol. The van der Waals surface area contributed by atoms with Gasteiger partial charge in [-0.1, -0.05) is 0 Å². The lowest BCUT2D eigenvalue weighted by Crippen LogP contribution is -2.49. The predicted octanol–water partition coefficient (Wildman–Crippen LogP) is 0.876. The third-order valence-electron chi connectivity index (χ3n) is 7.29. The SMILES string of the molecule is COC1c2c(c(=O)[nH]c(=O)n2C2CC2)C(N)=C(F)C1N1CC2CCC(F)(F)C(O)C2C1. The zero-order valence-electron chi connectivity index (χ0n) is 17.0. The molecule has 31 heavy (non-hydrogen) atoms. The molecule has 5 rings (SSSR count). The molecule has 1 aromatic heterocycles. The van der Waals surface area contributed by atoms with E-state index in [1.54, 1.807) is 4.90 Å². The van der Waals surface area contributed by atoms with Gasteiger partial charge in [-0.3, -0.25) is 19.2 Å². The molecule has 2 saturated carbocycles. The summed E-state index contributed by atoms with van der Waals surface area (Å²) in [5.74, 6) is -4.89. The van der Waals surface area contributed by atoms with Crippen LogP contribution in [0.15, 0.2) is 15.4 Å². The molecule has 5 unspecified atom stereocenters. The Morgan fingerprint density at radius 3 is 2.58 bits per heavy atom. The van der Waals surface area contributed by atoms with E-state index in [1.165, 1.54) is 11.7 Å². The van der Waals surface area contributed by atoms with E-state index in [4.69, 9.17) is 10.5 Å². The van der Waals surface area contributed by atoms with Gasteiger partial charge in [-0.25, -0.2) is 18.0 Å². The fourth-order valence-electron chi connectivity index (χ4n) is 5.61. The zero-order chi connectivity index (χ0) is 22.2. The molecule has 0 amide bonds. The molecule has 4 aliphatic rings. The molecule has 170 valence electrons. The lowest BCUT2D eigenvalue weighted by Gasteiger charge is -2.38. The highest BCUT2D eigenvalue weighted by Gasteiger charge is 2.55. The van der Waals surface area contributed by atoms with Crippen molar-refractivity contribution in [1.29, 1.82) is 0 Å². The first kappa shape index (κ1) is 20.8. The highest BCUT2D eigenvalue weighted by molar-refractivity contribution is 5.70. The number of aromatic nitrogens is 2. The second-order valence-electron chi connectivity index (χ2n) is 9.11. The number of alkyl halides is 2. The lowest BCUT2D eigenvalue weighted by atomic mass is 9.77. The number of fused-ring (bicyclic) bond motifs is 2. The van der Waals surface area contributed by atoms with Crippen molar-refractivity contribution in [3.63, 3.8) is 0 Å². The molecule has 1 saturated heterocycles. The van der Waals surface area contributed by atoms with E-state index >= 15 is 4.39 Å². The fourth-order valence-corrected chi connectivity index (χ4v) is 5.61. The van der Waals surface area contributed by atoms with Gasteiger partial charge in [0, 0.05) is 38.6 Å². The summed E-state index contributed by atoms with van der Waals surface area (Å²) in [5, 5.41) is 10.2. The lowest BCUT2D eigenvalue weighted by molar-refractivity contribution is -0.161. The Labute approximate surface area is 175 Å². The summed E-state index contributed by atoms with van der Waals surface area (Å²) in [6.45, 7) is 0.327. The molecule has 3 aliphatic carbocycles. The van der Waals surface area contributed by atoms with Crippen LogP contribution < -0.4 is 17.0 Å². The number of aliphatic hydroxyl groups excluding tert-OH is 1. The van der Waals surface area contributed by atoms with Gasteiger partial charge in [0.15, 0.2) is 0 Å². The molecule has 11 heteroatoms. The number of hydrogen-bond acceptors (Lipinski definition) is 6. The molecule has 0 aromatic carbocycles. The van der Waals surface area contributed by atoms with Gasteiger partial charge in [0.2, 0.25) is 0 Å². The van der Waals surface area contributed by atoms with Crippen molar-refractivity contribution in [2.45, 2.75) is 55.9 Å². The van der Waals surface area contributed by atoms with E-state index in [2.05, 4.69) is 4.98 Å². The van der Waals surface area contributed by atoms with Crippen LogP contribution in [-0.2, 0) is 4.74 Å². The van der Waals surface area contributed by atoms with Crippen LogP contribution in [0.1, 0.15) is 49.1 Å². The first-order valence-corrected chi connectivity index (χ1v) is 10.5. The van der Waals surface area contributed by atoms with Gasteiger partial charge in [-0.15, -0.1) is 0 Å². The molecule has 0 spiro atoms. The Balaban J connectivity index is 1.59. The molecule has 1 aliphatic heterocycles. The van der Waals surface area contributed by atoms with E-state index in [-0.39, 0.29) is 48.4 Å². The van der Waals surface area contributed by atoms with Gasteiger partial charge in [0.25, 0.3) is 11.5 Å². The number of methoxy groups -OCH3 is 1. The third-order valence-corrected chi connectivity index (χ3v) is 7.29. The quantitative estimate of drug-likeness (QED) is 0.641. The number of aromatic amines is 1. The third kappa shape index (κ3) is 3.00. The topological polar surface area (TPSA) is 114 Å². The molecule has 3 fully saturated rings. The van der Waals surface area contributed by atoms with Gasteiger partial charge in [-0.2, -0.15) is 0 Å². The summed E-state index contributed by atoms with van der Waals surface area (Å²) in [5.41, 5.74) is 4.39. The number of rotatable bonds is 3. The van der Waals surface area contributed by atoms with Crippen molar-refractivity contribution >= 4 is 5.70 Å². The van der Waals surface area contributed by atoms with Crippen molar-refractivity contribution in [2.75, 3.05) is 20.2 Å². The van der Waals surface area contributed by atoms with Crippen molar-refractivity contribution in [3.05, 3.63) is 37.9 Å². The maximum Gasteiger partial charge on any atom is 0.328 e. The van der Waals surface area contributed by atoms with Gasteiger partial charge < -0.3 is 15.6 Å². The maximum atomic E-state index is 15.5. The minimum atomic E-state index is -3.18. The number of nitrogens with one attached hydrogen (secondary N) is 1. The molecular formula is C20H25F3N4O4. The number of hydrogen-bond donors (Lipinski definition) is 3. The highest BCUT2D eigenvalue weighted by atomic mass is 19.3. The van der Waals surface area contributed by atoms with Crippen LogP contribution in [0, 0.1) is 11.8 Å². The van der Waals surface area contributed by atoms with E-state index in [0.29, 0.717) is 0 Å². The number of ether oxygens (including phenoxy) is 1. The second-order valence-corrected chi connectivity index (χ2v) is 9.11. The molecular weight excluding hydrogens is 417 g/mol. The van der Waals surface area contributed by atoms with Gasteiger partial charge in [0.05, 0.1) is 23.0 Å². The Bertz CT molecular complexity index is 1060. The van der Waals surface area contributed by atoms with E-state index < -0.39 is 53.6 Å². The first-order valence-electron chi connectivity index (χ1n) is 10.5. The highest BCUT2D eigenvalue weighted by Crippen LogP contribution is 2.48. The van der Waals surface area contributed by atoms with Crippen LogP contribution in [0.3, 0.4) is 0 Å². The van der Waals surface area contributed by atoms with Crippen LogP contribution in [-0.4, -0.2) is 57.8 Å². The normalized spacial score (nSPS) is 35.2. The number of halogens is 3. The molecule has 0 bridgehead atoms. The average Bonchev–Trinajstić information content (AvgIpc) is 3.45. The maximum absolute atomic E-state index is 15.5.